The molecule has 3 aromatic heterocycles. The van der Waals surface area contributed by atoms with Gasteiger partial charge in [-0.25, -0.2) is 0 Å². The average Bonchev–Trinajstić information content (AvgIpc) is 3.47. The molecule has 0 bridgehead atoms. The lowest BCUT2D eigenvalue weighted by molar-refractivity contribution is 0.0940. The second-order valence-electron chi connectivity index (χ2n) is 6.80. The van der Waals surface area contributed by atoms with Crippen molar-refractivity contribution in [2.24, 2.45) is 0 Å². The van der Waals surface area contributed by atoms with Crippen molar-refractivity contribution in [3.63, 3.8) is 0 Å². The van der Waals surface area contributed by atoms with E-state index in [1.807, 2.05) is 36.5 Å². The van der Waals surface area contributed by atoms with Crippen LogP contribution in [0.5, 0.6) is 0 Å². The number of carbonyl (C=O) groups is 1. The van der Waals surface area contributed by atoms with E-state index in [2.05, 4.69) is 42.9 Å². The molecule has 1 atom stereocenters. The number of nitrogens with zero attached hydrogens (tertiary/aromatic N) is 2. The summed E-state index contributed by atoms with van der Waals surface area (Å²) in [6.07, 6.45) is 2.80. The second kappa shape index (κ2) is 6.59. The quantitative estimate of drug-likeness (QED) is 0.508. The van der Waals surface area contributed by atoms with E-state index < -0.39 is 0 Å². The number of hydrogen-bond donors (Lipinski definition) is 3. The van der Waals surface area contributed by atoms with E-state index in [0.29, 0.717) is 5.56 Å². The molecule has 1 aliphatic rings. The molecule has 0 spiro atoms. The fraction of sp³-hybridized carbons (Fsp3) is 0.200. The van der Waals surface area contributed by atoms with Crippen LogP contribution in [-0.4, -0.2) is 40.2 Å². The van der Waals surface area contributed by atoms with Gasteiger partial charge in [0.15, 0.2) is 5.82 Å². The predicted octanol–water partition coefficient (Wildman–Crippen LogP) is 3.63. The van der Waals surface area contributed by atoms with Gasteiger partial charge >= 0.3 is 0 Å². The number of anilines is 1. The Morgan fingerprint density at radius 2 is 2.22 bits per heavy atom. The van der Waals surface area contributed by atoms with Crippen LogP contribution in [0, 0.1) is 0 Å². The van der Waals surface area contributed by atoms with Crippen LogP contribution in [-0.2, 0) is 0 Å². The molecule has 136 valence electrons. The SMILES string of the molecule is O=C(N[C@@H]1CCN(c2cc(-c3cccs3)[nH]n2)C1)c1ccc2[nH]ccc2c1. The molecule has 1 fully saturated rings. The summed E-state index contributed by atoms with van der Waals surface area (Å²) in [6, 6.07) is 14.0. The second-order valence-corrected chi connectivity index (χ2v) is 7.75. The Labute approximate surface area is 160 Å². The number of amides is 1. The number of hydrogen-bond acceptors (Lipinski definition) is 4. The van der Waals surface area contributed by atoms with Crippen molar-refractivity contribution in [2.45, 2.75) is 12.5 Å². The van der Waals surface area contributed by atoms with Crippen LogP contribution in [0.2, 0.25) is 0 Å². The van der Waals surface area contributed by atoms with Crippen LogP contribution in [0.25, 0.3) is 21.5 Å². The Morgan fingerprint density at radius 3 is 3.11 bits per heavy atom. The number of aromatic nitrogens is 3. The molecule has 0 unspecified atom stereocenters. The summed E-state index contributed by atoms with van der Waals surface area (Å²) in [5.74, 6) is 0.912. The molecule has 6 nitrogen and oxygen atoms in total. The van der Waals surface area contributed by atoms with Crippen molar-refractivity contribution < 1.29 is 4.79 Å². The molecule has 7 heteroatoms. The minimum atomic E-state index is -0.0220. The van der Waals surface area contributed by atoms with Crippen LogP contribution < -0.4 is 10.2 Å². The molecule has 3 N–H and O–H groups in total. The van der Waals surface area contributed by atoms with Crippen LogP contribution in [0.15, 0.2) is 54.0 Å². The van der Waals surface area contributed by atoms with Crippen molar-refractivity contribution in [3.05, 3.63) is 59.6 Å². The first-order valence-electron chi connectivity index (χ1n) is 8.98. The maximum absolute atomic E-state index is 12.6. The summed E-state index contributed by atoms with van der Waals surface area (Å²) in [5.41, 5.74) is 2.77. The van der Waals surface area contributed by atoms with E-state index in [4.69, 9.17) is 0 Å². The van der Waals surface area contributed by atoms with Gasteiger partial charge in [-0.1, -0.05) is 6.07 Å². The molecular formula is C20H19N5OS. The minimum absolute atomic E-state index is 0.0220. The van der Waals surface area contributed by atoms with Gasteiger partial charge in [-0.3, -0.25) is 9.89 Å². The van der Waals surface area contributed by atoms with Gasteiger partial charge < -0.3 is 15.2 Å². The monoisotopic (exact) mass is 377 g/mol. The summed E-state index contributed by atoms with van der Waals surface area (Å²) >= 11 is 1.69. The fourth-order valence-electron chi connectivity index (χ4n) is 3.58. The van der Waals surface area contributed by atoms with Crippen LogP contribution in [0.1, 0.15) is 16.8 Å². The summed E-state index contributed by atoms with van der Waals surface area (Å²) in [7, 11) is 0. The number of benzene rings is 1. The molecule has 4 aromatic rings. The van der Waals surface area contributed by atoms with Gasteiger partial charge in [0.2, 0.25) is 0 Å². The summed E-state index contributed by atoms with van der Waals surface area (Å²) in [5, 5.41) is 13.8. The van der Waals surface area contributed by atoms with Crippen molar-refractivity contribution in [3.8, 4) is 10.6 Å². The van der Waals surface area contributed by atoms with Crippen molar-refractivity contribution >= 4 is 34.0 Å². The van der Waals surface area contributed by atoms with Gasteiger partial charge in [-0.15, -0.1) is 11.3 Å². The standard InChI is InChI=1S/C20H19N5OS/c26-20(14-3-4-16-13(10-14)5-7-21-16)22-15-6-8-25(12-15)19-11-17(23-24-19)18-2-1-9-27-18/h1-5,7,9-11,15,21H,6,8,12H2,(H,22,26)(H,23,24)/t15-/m1/s1. The molecule has 0 saturated carbocycles. The molecule has 0 aliphatic carbocycles. The topological polar surface area (TPSA) is 76.8 Å². The minimum Gasteiger partial charge on any atom is -0.361 e. The fourth-order valence-corrected chi connectivity index (χ4v) is 4.27. The highest BCUT2D eigenvalue weighted by atomic mass is 32.1. The first kappa shape index (κ1) is 16.1. The molecule has 4 heterocycles. The Kier molecular flexibility index (Phi) is 3.94. The van der Waals surface area contributed by atoms with Crippen molar-refractivity contribution in [1.29, 1.82) is 0 Å². The Hall–Kier alpha value is -3.06. The number of fused-ring (bicyclic) bond motifs is 1. The highest BCUT2D eigenvalue weighted by Crippen LogP contribution is 2.27. The van der Waals surface area contributed by atoms with Gasteiger partial charge in [0.05, 0.1) is 10.6 Å². The van der Waals surface area contributed by atoms with Crippen molar-refractivity contribution in [1.82, 2.24) is 20.5 Å². The Bertz CT molecular complexity index is 1080. The Morgan fingerprint density at radius 1 is 1.26 bits per heavy atom. The molecule has 1 aromatic carbocycles. The first-order valence-corrected chi connectivity index (χ1v) is 9.86. The van der Waals surface area contributed by atoms with E-state index in [-0.39, 0.29) is 11.9 Å². The summed E-state index contributed by atoms with van der Waals surface area (Å²) < 4.78 is 0. The normalized spacial score (nSPS) is 16.9. The number of carbonyl (C=O) groups excluding carboxylic acids is 1. The number of H-pyrrole nitrogens is 2. The van der Waals surface area contributed by atoms with Crippen LogP contribution in [0.3, 0.4) is 0 Å². The van der Waals surface area contributed by atoms with Gasteiger partial charge in [-0.2, -0.15) is 5.10 Å². The number of aromatic amines is 2. The van der Waals surface area contributed by atoms with Crippen LogP contribution >= 0.6 is 11.3 Å². The maximum atomic E-state index is 12.6. The zero-order chi connectivity index (χ0) is 18.2. The lowest BCUT2D eigenvalue weighted by Crippen LogP contribution is -2.37. The number of rotatable bonds is 4. The molecular weight excluding hydrogens is 358 g/mol. The predicted molar refractivity (Wildman–Crippen MR) is 108 cm³/mol. The molecule has 5 rings (SSSR count). The summed E-state index contributed by atoms with van der Waals surface area (Å²) in [6.45, 7) is 1.66. The first-order chi connectivity index (χ1) is 13.3. The zero-order valence-electron chi connectivity index (χ0n) is 14.6. The number of thiophene rings is 1. The van der Waals surface area contributed by atoms with Gasteiger partial charge in [-0.05, 0) is 42.1 Å². The van der Waals surface area contributed by atoms with E-state index in [1.54, 1.807) is 11.3 Å². The maximum Gasteiger partial charge on any atom is 0.251 e. The van der Waals surface area contributed by atoms with Gasteiger partial charge in [0, 0.05) is 47.9 Å². The molecule has 1 saturated heterocycles. The summed E-state index contributed by atoms with van der Waals surface area (Å²) in [4.78, 5) is 19.2. The number of nitrogens with one attached hydrogen (secondary N) is 3. The van der Waals surface area contributed by atoms with E-state index in [9.17, 15) is 4.79 Å². The lowest BCUT2D eigenvalue weighted by atomic mass is 10.1. The lowest BCUT2D eigenvalue weighted by Gasteiger charge is -2.16. The Balaban J connectivity index is 1.25. The van der Waals surface area contributed by atoms with Crippen molar-refractivity contribution in [2.75, 3.05) is 18.0 Å². The average molecular weight is 377 g/mol. The molecule has 27 heavy (non-hydrogen) atoms. The zero-order valence-corrected chi connectivity index (χ0v) is 15.4. The largest absolute Gasteiger partial charge is 0.361 e. The third-order valence-electron chi connectivity index (χ3n) is 5.01. The third kappa shape index (κ3) is 3.10. The van der Waals surface area contributed by atoms with E-state index >= 15 is 0 Å². The smallest absolute Gasteiger partial charge is 0.251 e. The molecule has 0 radical (unpaired) electrons. The van der Waals surface area contributed by atoms with Gasteiger partial charge in [0.1, 0.15) is 0 Å². The highest BCUT2D eigenvalue weighted by Gasteiger charge is 2.26. The van der Waals surface area contributed by atoms with E-state index in [1.165, 1.54) is 4.88 Å². The van der Waals surface area contributed by atoms with Gasteiger partial charge in [0.25, 0.3) is 5.91 Å². The van der Waals surface area contributed by atoms with Crippen LogP contribution in [0.4, 0.5) is 5.82 Å². The third-order valence-corrected chi connectivity index (χ3v) is 5.92. The molecule has 1 aliphatic heterocycles. The highest BCUT2D eigenvalue weighted by molar-refractivity contribution is 7.13. The van der Waals surface area contributed by atoms with E-state index in [0.717, 1.165) is 41.9 Å². The molecule has 1 amide bonds.